The lowest BCUT2D eigenvalue weighted by molar-refractivity contribution is 0.509. The summed E-state index contributed by atoms with van der Waals surface area (Å²) in [5.41, 5.74) is 11.9. The topological polar surface area (TPSA) is 94.1 Å². The lowest BCUT2D eigenvalue weighted by Gasteiger charge is -2.00. The zero-order chi connectivity index (χ0) is 15.7. The van der Waals surface area contributed by atoms with E-state index in [1.807, 2.05) is 5.38 Å². The Morgan fingerprint density at radius 1 is 1.26 bits per heavy atom. The number of halogens is 3. The van der Waals surface area contributed by atoms with Crippen LogP contribution in [-0.2, 0) is 0 Å². The molecule has 0 aliphatic rings. The van der Waals surface area contributed by atoms with Crippen molar-refractivity contribution in [1.82, 2.24) is 9.38 Å². The predicted molar refractivity (Wildman–Crippen MR) is 89.1 cm³/mol. The van der Waals surface area contributed by atoms with Gasteiger partial charge < -0.3 is 11.5 Å². The molecule has 120 valence electrons. The fourth-order valence-corrected chi connectivity index (χ4v) is 2.65. The van der Waals surface area contributed by atoms with Gasteiger partial charge >= 0.3 is 0 Å². The quantitative estimate of drug-likeness (QED) is 0.428. The summed E-state index contributed by atoms with van der Waals surface area (Å²) in [4.78, 5) is 5.09. The molecule has 0 saturated heterocycles. The van der Waals surface area contributed by atoms with Crippen molar-refractivity contribution in [3.8, 4) is 11.3 Å². The second kappa shape index (κ2) is 6.71. The number of nitrogens with zero attached hydrogens (tertiary/aromatic N) is 4. The maximum atomic E-state index is 13.4. The average molecular weight is 357 g/mol. The highest BCUT2D eigenvalue weighted by molar-refractivity contribution is 7.15. The Bertz CT molecular complexity index is 897. The first-order valence-electron chi connectivity index (χ1n) is 6.09. The number of aromatic nitrogens is 2. The summed E-state index contributed by atoms with van der Waals surface area (Å²) in [6.07, 6.45) is 3.19. The molecular weight excluding hydrogens is 346 g/mol. The van der Waals surface area contributed by atoms with Crippen molar-refractivity contribution >= 4 is 40.9 Å². The van der Waals surface area contributed by atoms with E-state index in [2.05, 4.69) is 15.2 Å². The maximum Gasteiger partial charge on any atom is 0.211 e. The molecule has 0 radical (unpaired) electrons. The average Bonchev–Trinajstić information content (AvgIpc) is 3.04. The van der Waals surface area contributed by atoms with E-state index in [-0.39, 0.29) is 18.4 Å². The summed E-state index contributed by atoms with van der Waals surface area (Å²) in [5.74, 6) is -2.04. The standard InChI is InChI=1S/C13H10F2N6S.ClH/c14-8-2-1-7(5-9(8)15)11-10(6-18-20-12(16)17)21-3-4-22-13(21)19-11;/h1-6H,(H4,16,17,20);1H/b18-6+;. The van der Waals surface area contributed by atoms with Crippen molar-refractivity contribution in [1.29, 1.82) is 0 Å². The Labute approximate surface area is 139 Å². The molecule has 3 rings (SSSR count). The fourth-order valence-electron chi connectivity index (χ4n) is 1.93. The van der Waals surface area contributed by atoms with Crippen LogP contribution in [0.15, 0.2) is 40.0 Å². The zero-order valence-corrected chi connectivity index (χ0v) is 13.1. The number of rotatable bonds is 3. The van der Waals surface area contributed by atoms with E-state index in [4.69, 9.17) is 11.5 Å². The molecule has 0 amide bonds. The van der Waals surface area contributed by atoms with Gasteiger partial charge in [-0.3, -0.25) is 4.40 Å². The molecule has 4 N–H and O–H groups in total. The van der Waals surface area contributed by atoms with Crippen LogP contribution in [0.2, 0.25) is 0 Å². The molecule has 3 aromatic rings. The normalized spacial score (nSPS) is 10.9. The van der Waals surface area contributed by atoms with Gasteiger partial charge in [0.1, 0.15) is 0 Å². The van der Waals surface area contributed by atoms with Crippen LogP contribution in [0.5, 0.6) is 0 Å². The molecule has 6 nitrogen and oxygen atoms in total. The lowest BCUT2D eigenvalue weighted by atomic mass is 10.1. The summed E-state index contributed by atoms with van der Waals surface area (Å²) in [5, 5.41) is 9.13. The highest BCUT2D eigenvalue weighted by Crippen LogP contribution is 2.26. The van der Waals surface area contributed by atoms with Crippen LogP contribution < -0.4 is 11.5 Å². The number of thiazole rings is 1. The van der Waals surface area contributed by atoms with Gasteiger partial charge in [0.05, 0.1) is 17.6 Å². The van der Waals surface area contributed by atoms with Crippen LogP contribution in [0.25, 0.3) is 16.2 Å². The molecule has 0 aliphatic carbocycles. The smallest absolute Gasteiger partial charge is 0.211 e. The lowest BCUT2D eigenvalue weighted by Crippen LogP contribution is -2.21. The first-order chi connectivity index (χ1) is 10.6. The van der Waals surface area contributed by atoms with Crippen molar-refractivity contribution in [2.24, 2.45) is 21.7 Å². The predicted octanol–water partition coefficient (Wildman–Crippen LogP) is 2.37. The first-order valence-corrected chi connectivity index (χ1v) is 6.97. The van der Waals surface area contributed by atoms with Gasteiger partial charge in [-0.2, -0.15) is 5.10 Å². The highest BCUT2D eigenvalue weighted by Gasteiger charge is 2.15. The largest absolute Gasteiger partial charge is 0.369 e. The Morgan fingerprint density at radius 2 is 2.04 bits per heavy atom. The number of nitrogens with two attached hydrogens (primary N) is 2. The molecule has 0 atom stereocenters. The molecule has 0 aliphatic heterocycles. The van der Waals surface area contributed by atoms with E-state index in [0.29, 0.717) is 21.9 Å². The van der Waals surface area contributed by atoms with Crippen LogP contribution in [-0.4, -0.2) is 21.6 Å². The number of hydrogen-bond donors (Lipinski definition) is 2. The fraction of sp³-hybridized carbons (Fsp3) is 0. The maximum absolute atomic E-state index is 13.4. The van der Waals surface area contributed by atoms with Crippen molar-refractivity contribution in [3.63, 3.8) is 0 Å². The minimum atomic E-state index is -0.944. The molecule has 10 heteroatoms. The number of imidazole rings is 1. The van der Waals surface area contributed by atoms with Crippen LogP contribution >= 0.6 is 23.7 Å². The Balaban J connectivity index is 0.00000192. The Kier molecular flexibility index (Phi) is 4.92. The molecular formula is C13H11ClF2N6S. The third kappa shape index (κ3) is 3.30. The van der Waals surface area contributed by atoms with Gasteiger partial charge in [0.2, 0.25) is 5.96 Å². The number of fused-ring (bicyclic) bond motifs is 1. The van der Waals surface area contributed by atoms with Crippen molar-refractivity contribution in [2.75, 3.05) is 0 Å². The molecule has 23 heavy (non-hydrogen) atoms. The van der Waals surface area contributed by atoms with Gasteiger partial charge in [-0.1, -0.05) is 0 Å². The zero-order valence-electron chi connectivity index (χ0n) is 11.5. The van der Waals surface area contributed by atoms with Gasteiger partial charge in [0.15, 0.2) is 16.6 Å². The van der Waals surface area contributed by atoms with Gasteiger partial charge in [-0.25, -0.2) is 13.8 Å². The number of benzene rings is 1. The summed E-state index contributed by atoms with van der Waals surface area (Å²) >= 11 is 1.40. The first kappa shape index (κ1) is 16.8. The van der Waals surface area contributed by atoms with Gasteiger partial charge in [-0.15, -0.1) is 28.8 Å². The van der Waals surface area contributed by atoms with Gasteiger partial charge in [0.25, 0.3) is 0 Å². The van der Waals surface area contributed by atoms with Crippen LogP contribution in [0.4, 0.5) is 8.78 Å². The van der Waals surface area contributed by atoms with E-state index in [1.165, 1.54) is 23.6 Å². The Morgan fingerprint density at radius 3 is 2.74 bits per heavy atom. The van der Waals surface area contributed by atoms with Gasteiger partial charge in [0, 0.05) is 17.1 Å². The minimum absolute atomic E-state index is 0. The van der Waals surface area contributed by atoms with Crippen molar-refractivity contribution in [3.05, 3.63) is 47.1 Å². The number of hydrogen-bond acceptors (Lipinski definition) is 4. The van der Waals surface area contributed by atoms with Crippen LogP contribution in [0, 0.1) is 11.6 Å². The third-order valence-electron chi connectivity index (χ3n) is 2.85. The highest BCUT2D eigenvalue weighted by atomic mass is 35.5. The molecule has 0 unspecified atom stereocenters. The monoisotopic (exact) mass is 356 g/mol. The van der Waals surface area contributed by atoms with E-state index >= 15 is 0 Å². The molecule has 0 fully saturated rings. The molecule has 0 spiro atoms. The molecule has 0 saturated carbocycles. The summed E-state index contributed by atoms with van der Waals surface area (Å²) in [7, 11) is 0. The third-order valence-corrected chi connectivity index (χ3v) is 3.60. The molecule has 0 bridgehead atoms. The van der Waals surface area contributed by atoms with E-state index in [9.17, 15) is 8.78 Å². The molecule has 2 heterocycles. The summed E-state index contributed by atoms with van der Waals surface area (Å²) in [6, 6.07) is 3.58. The van der Waals surface area contributed by atoms with E-state index < -0.39 is 11.6 Å². The van der Waals surface area contributed by atoms with Crippen LogP contribution in [0.1, 0.15) is 5.69 Å². The minimum Gasteiger partial charge on any atom is -0.369 e. The SMILES string of the molecule is Cl.NC(N)=N/N=C/c1c(-c2ccc(F)c(F)c2)nc2sccn12. The Hall–Kier alpha value is -2.52. The second-order valence-electron chi connectivity index (χ2n) is 4.30. The van der Waals surface area contributed by atoms with Gasteiger partial charge in [-0.05, 0) is 18.2 Å². The summed E-state index contributed by atoms with van der Waals surface area (Å²) < 4.78 is 28.3. The van der Waals surface area contributed by atoms with E-state index in [1.54, 1.807) is 10.6 Å². The van der Waals surface area contributed by atoms with Crippen molar-refractivity contribution in [2.45, 2.75) is 0 Å². The molecule has 1 aromatic carbocycles. The number of guanidine groups is 1. The molecule has 2 aromatic heterocycles. The van der Waals surface area contributed by atoms with Crippen LogP contribution in [0.3, 0.4) is 0 Å². The van der Waals surface area contributed by atoms with E-state index in [0.717, 1.165) is 12.1 Å². The summed E-state index contributed by atoms with van der Waals surface area (Å²) in [6.45, 7) is 0. The second-order valence-corrected chi connectivity index (χ2v) is 5.17. The van der Waals surface area contributed by atoms with Crippen molar-refractivity contribution < 1.29 is 8.78 Å².